The Hall–Kier alpha value is -4.36. The van der Waals surface area contributed by atoms with Gasteiger partial charge in [0.05, 0.1) is 0 Å². The summed E-state index contributed by atoms with van der Waals surface area (Å²) in [5, 5.41) is 5.51. The predicted molar refractivity (Wildman–Crippen MR) is 183 cm³/mol. The SMILES string of the molecule is C=P(c1ccc(F)cc1)(c1ccc(F)cc1)c1ccc(-c2ccc(P(=C)(c3ccc(F)cc3)c3ccc(F)cc3)cc2)cc1. The van der Waals surface area contributed by atoms with Gasteiger partial charge >= 0.3 is 0 Å². The highest BCUT2D eigenvalue weighted by Crippen LogP contribution is 2.43. The Labute approximate surface area is 255 Å². The van der Waals surface area contributed by atoms with Crippen molar-refractivity contribution < 1.29 is 17.6 Å². The van der Waals surface area contributed by atoms with Gasteiger partial charge in [0.1, 0.15) is 23.3 Å². The molecule has 44 heavy (non-hydrogen) atoms. The number of rotatable bonds is 7. The van der Waals surface area contributed by atoms with Crippen molar-refractivity contribution >= 4 is 58.2 Å². The largest absolute Gasteiger partial charge is 0.207 e. The van der Waals surface area contributed by atoms with Crippen LogP contribution >= 0.6 is 13.8 Å². The summed E-state index contributed by atoms with van der Waals surface area (Å²) in [6.07, 6.45) is 9.33. The van der Waals surface area contributed by atoms with Crippen molar-refractivity contribution in [2.24, 2.45) is 0 Å². The number of halogens is 4. The first-order valence-corrected chi connectivity index (χ1v) is 17.9. The van der Waals surface area contributed by atoms with Crippen molar-refractivity contribution in [2.75, 3.05) is 0 Å². The molecule has 0 aliphatic carbocycles. The lowest BCUT2D eigenvalue weighted by Crippen LogP contribution is -2.25. The summed E-state index contributed by atoms with van der Waals surface area (Å²) in [6.45, 7) is -4.85. The molecule has 0 N–H and O–H groups in total. The molecule has 0 amide bonds. The van der Waals surface area contributed by atoms with E-state index < -0.39 is 13.8 Å². The molecule has 0 saturated heterocycles. The first-order valence-electron chi connectivity index (χ1n) is 13.9. The molecule has 0 unspecified atom stereocenters. The smallest absolute Gasteiger partial charge is 0.123 e. The molecule has 0 aromatic heterocycles. The van der Waals surface area contributed by atoms with Crippen molar-refractivity contribution in [3.05, 3.63) is 169 Å². The minimum absolute atomic E-state index is 0.328. The molecule has 0 saturated carbocycles. The van der Waals surface area contributed by atoms with Crippen LogP contribution in [0.1, 0.15) is 0 Å². The van der Waals surface area contributed by atoms with Gasteiger partial charge in [-0.05, 0) is 105 Å². The van der Waals surface area contributed by atoms with E-state index in [-0.39, 0.29) is 23.3 Å². The Morgan fingerprint density at radius 2 is 0.432 bits per heavy atom. The van der Waals surface area contributed by atoms with Gasteiger partial charge in [0.15, 0.2) is 0 Å². The lowest BCUT2D eigenvalue weighted by Gasteiger charge is -2.27. The molecule has 0 fully saturated rings. The second kappa shape index (κ2) is 12.0. The number of benzene rings is 6. The molecule has 0 radical (unpaired) electrons. The van der Waals surface area contributed by atoms with Crippen molar-refractivity contribution in [3.8, 4) is 11.1 Å². The zero-order valence-electron chi connectivity index (χ0n) is 23.7. The first kappa shape index (κ1) is 29.7. The fourth-order valence-electron chi connectivity index (χ4n) is 5.49. The average Bonchev–Trinajstić information content (AvgIpc) is 3.05. The second-order valence-electron chi connectivity index (χ2n) is 10.6. The van der Waals surface area contributed by atoms with Crippen LogP contribution in [0.3, 0.4) is 0 Å². The van der Waals surface area contributed by atoms with Crippen LogP contribution in [0, 0.1) is 23.3 Å². The van der Waals surface area contributed by atoms with E-state index in [0.717, 1.165) is 43.0 Å². The molecule has 0 aliphatic rings. The maximum absolute atomic E-state index is 13.8. The summed E-state index contributed by atoms with van der Waals surface area (Å²) in [4.78, 5) is 0. The highest BCUT2D eigenvalue weighted by molar-refractivity contribution is 7.93. The van der Waals surface area contributed by atoms with Crippen LogP contribution in [0.15, 0.2) is 146 Å². The number of hydrogen-bond acceptors (Lipinski definition) is 0. The Bertz CT molecular complexity index is 1750. The van der Waals surface area contributed by atoms with Gasteiger partial charge in [-0.25, -0.2) is 17.6 Å². The minimum atomic E-state index is -2.42. The van der Waals surface area contributed by atoms with Gasteiger partial charge < -0.3 is 0 Å². The molecule has 0 bridgehead atoms. The standard InChI is InChI=1S/C38H28F4P2/c1-43(35-19-7-29(39)8-20-35,36-21-9-30(40)10-22-36)33-15-3-27(4-16-33)28-5-17-34(18-6-28)44(2,37-23-11-31(41)12-24-37)38-25-13-32(42)14-26-38/h3-26H,1-2H2. The van der Waals surface area contributed by atoms with E-state index in [0.29, 0.717) is 0 Å². The van der Waals surface area contributed by atoms with E-state index in [1.54, 1.807) is 48.5 Å². The lowest BCUT2D eigenvalue weighted by atomic mass is 10.1. The molecular weight excluding hydrogens is 594 g/mol. The summed E-state index contributed by atoms with van der Waals surface area (Å²) in [6, 6.07) is 41.7. The maximum atomic E-state index is 13.8. The Kier molecular flexibility index (Phi) is 8.08. The van der Waals surface area contributed by atoms with Gasteiger partial charge in [0, 0.05) is 0 Å². The fraction of sp³-hybridized carbons (Fsp3) is 0. The van der Waals surface area contributed by atoms with Gasteiger partial charge in [0.2, 0.25) is 0 Å². The molecule has 0 spiro atoms. The van der Waals surface area contributed by atoms with E-state index in [4.69, 9.17) is 0 Å². The third kappa shape index (κ3) is 5.52. The fourth-order valence-corrected chi connectivity index (χ4v) is 11.2. The van der Waals surface area contributed by atoms with Crippen LogP contribution in [0.25, 0.3) is 11.1 Å². The molecule has 218 valence electrons. The maximum Gasteiger partial charge on any atom is 0.123 e. The zero-order valence-corrected chi connectivity index (χ0v) is 25.5. The molecule has 6 aromatic rings. The minimum Gasteiger partial charge on any atom is -0.207 e. The summed E-state index contributed by atoms with van der Waals surface area (Å²) < 4.78 is 55.2. The van der Waals surface area contributed by atoms with E-state index >= 15 is 0 Å². The molecule has 0 heterocycles. The predicted octanol–water partition coefficient (Wildman–Crippen LogP) is 7.36. The van der Waals surface area contributed by atoms with Crippen LogP contribution in [0.2, 0.25) is 0 Å². The van der Waals surface area contributed by atoms with Crippen LogP contribution < -0.4 is 31.8 Å². The molecule has 0 aliphatic heterocycles. The van der Waals surface area contributed by atoms with Gasteiger partial charge in [0.25, 0.3) is 0 Å². The van der Waals surface area contributed by atoms with Crippen LogP contribution in [0.5, 0.6) is 0 Å². The third-order valence-corrected chi connectivity index (χ3v) is 15.1. The summed E-state index contributed by atoms with van der Waals surface area (Å²) in [5.74, 6) is -1.31. The molecular formula is C38H28F4P2. The number of hydrogen-bond donors (Lipinski definition) is 0. The quantitative estimate of drug-likeness (QED) is 0.129. The third-order valence-electron chi connectivity index (χ3n) is 8.02. The van der Waals surface area contributed by atoms with Gasteiger partial charge in [-0.15, -0.1) is 0 Å². The Morgan fingerprint density at radius 1 is 0.273 bits per heavy atom. The zero-order chi connectivity index (χ0) is 30.9. The van der Waals surface area contributed by atoms with E-state index in [2.05, 4.69) is 12.6 Å². The van der Waals surface area contributed by atoms with Crippen LogP contribution in [-0.2, 0) is 0 Å². The van der Waals surface area contributed by atoms with Crippen molar-refractivity contribution in [3.63, 3.8) is 0 Å². The van der Waals surface area contributed by atoms with Crippen molar-refractivity contribution in [2.45, 2.75) is 0 Å². The Morgan fingerprint density at radius 3 is 0.614 bits per heavy atom. The molecule has 0 nitrogen and oxygen atoms in total. The normalized spacial score (nSPS) is 11.8. The summed E-state index contributed by atoms with van der Waals surface area (Å²) in [7, 11) is 0. The van der Waals surface area contributed by atoms with Crippen LogP contribution in [0.4, 0.5) is 17.6 Å². The first-order chi connectivity index (χ1) is 21.2. The topological polar surface area (TPSA) is 0 Å². The van der Waals surface area contributed by atoms with Crippen molar-refractivity contribution in [1.82, 2.24) is 0 Å². The highest BCUT2D eigenvalue weighted by atomic mass is 31.2. The molecule has 0 atom stereocenters. The average molecular weight is 623 g/mol. The van der Waals surface area contributed by atoms with E-state index in [9.17, 15) is 17.6 Å². The highest BCUT2D eigenvalue weighted by Gasteiger charge is 2.24. The van der Waals surface area contributed by atoms with Gasteiger partial charge in [-0.1, -0.05) is 110 Å². The van der Waals surface area contributed by atoms with Gasteiger partial charge in [-0.2, -0.15) is 0 Å². The summed E-state index contributed by atoms with van der Waals surface area (Å²) >= 11 is 0. The van der Waals surface area contributed by atoms with Gasteiger partial charge in [-0.3, -0.25) is 0 Å². The Balaban J connectivity index is 1.38. The second-order valence-corrected chi connectivity index (χ2v) is 17.0. The molecule has 6 rings (SSSR count). The lowest BCUT2D eigenvalue weighted by molar-refractivity contribution is 0.628. The molecule has 6 heteroatoms. The van der Waals surface area contributed by atoms with E-state index in [1.165, 1.54) is 48.5 Å². The summed E-state index contributed by atoms with van der Waals surface area (Å²) in [5.41, 5.74) is 1.98. The van der Waals surface area contributed by atoms with Crippen molar-refractivity contribution in [1.29, 1.82) is 0 Å². The monoisotopic (exact) mass is 622 g/mol. The molecule has 6 aromatic carbocycles. The van der Waals surface area contributed by atoms with E-state index in [1.807, 2.05) is 48.5 Å². The van der Waals surface area contributed by atoms with Crippen LogP contribution in [-0.4, -0.2) is 12.6 Å².